The largest absolute Gasteiger partial charge is 0.481 e. The molecule has 1 heterocycles. The number of carbonyl (C=O) groups excluding carboxylic acids is 1. The van der Waals surface area contributed by atoms with Crippen molar-refractivity contribution < 1.29 is 14.3 Å². The Hall–Kier alpha value is -1.58. The van der Waals surface area contributed by atoms with Crippen LogP contribution in [0.3, 0.4) is 0 Å². The van der Waals surface area contributed by atoms with Gasteiger partial charge in [-0.3, -0.25) is 4.79 Å². The lowest BCUT2D eigenvalue weighted by molar-refractivity contribution is -0.142. The molecular weight excluding hydrogens is 242 g/mol. The minimum atomic E-state index is -0.113. The van der Waals surface area contributed by atoms with E-state index >= 15 is 0 Å². The SMILES string of the molecule is COC(=O)CC1CCCCC1c1ccc(OC)nc1. The van der Waals surface area contributed by atoms with Crippen LogP contribution in [0.5, 0.6) is 5.88 Å². The second-order valence-corrected chi connectivity index (χ2v) is 5.07. The maximum absolute atomic E-state index is 11.5. The lowest BCUT2D eigenvalue weighted by atomic mass is 9.74. The van der Waals surface area contributed by atoms with E-state index in [-0.39, 0.29) is 5.97 Å². The van der Waals surface area contributed by atoms with E-state index in [9.17, 15) is 4.79 Å². The lowest BCUT2D eigenvalue weighted by Crippen LogP contribution is -2.21. The van der Waals surface area contributed by atoms with Crippen molar-refractivity contribution in [3.63, 3.8) is 0 Å². The highest BCUT2D eigenvalue weighted by Gasteiger charge is 2.28. The molecule has 4 nitrogen and oxygen atoms in total. The van der Waals surface area contributed by atoms with Crippen LogP contribution in [0.2, 0.25) is 0 Å². The molecule has 1 aromatic heterocycles. The van der Waals surface area contributed by atoms with Gasteiger partial charge < -0.3 is 9.47 Å². The van der Waals surface area contributed by atoms with Gasteiger partial charge in [0, 0.05) is 18.7 Å². The molecule has 1 aliphatic rings. The smallest absolute Gasteiger partial charge is 0.305 e. The third kappa shape index (κ3) is 3.46. The van der Waals surface area contributed by atoms with Gasteiger partial charge in [0.05, 0.1) is 14.2 Å². The van der Waals surface area contributed by atoms with E-state index in [1.807, 2.05) is 12.3 Å². The van der Waals surface area contributed by atoms with E-state index < -0.39 is 0 Å². The van der Waals surface area contributed by atoms with Gasteiger partial charge in [-0.25, -0.2) is 4.98 Å². The quantitative estimate of drug-likeness (QED) is 0.784. The van der Waals surface area contributed by atoms with Crippen LogP contribution in [0.25, 0.3) is 0 Å². The molecule has 0 bridgehead atoms. The van der Waals surface area contributed by atoms with Gasteiger partial charge in [-0.15, -0.1) is 0 Å². The first-order valence-electron chi connectivity index (χ1n) is 6.81. The monoisotopic (exact) mass is 263 g/mol. The van der Waals surface area contributed by atoms with E-state index in [4.69, 9.17) is 9.47 Å². The molecule has 1 saturated carbocycles. The minimum Gasteiger partial charge on any atom is -0.481 e. The second kappa shape index (κ2) is 6.55. The predicted molar refractivity (Wildman–Crippen MR) is 72.1 cm³/mol. The molecule has 0 aromatic carbocycles. The lowest BCUT2D eigenvalue weighted by Gasteiger charge is -2.31. The second-order valence-electron chi connectivity index (χ2n) is 5.07. The molecule has 0 amide bonds. The summed E-state index contributed by atoms with van der Waals surface area (Å²) in [5.74, 6) is 1.30. The van der Waals surface area contributed by atoms with Crippen molar-refractivity contribution in [2.75, 3.05) is 14.2 Å². The van der Waals surface area contributed by atoms with Crippen LogP contribution >= 0.6 is 0 Å². The number of nitrogens with zero attached hydrogens (tertiary/aromatic N) is 1. The molecule has 104 valence electrons. The zero-order valence-electron chi connectivity index (χ0n) is 11.6. The Balaban J connectivity index is 2.11. The Bertz CT molecular complexity index is 416. The van der Waals surface area contributed by atoms with E-state index in [1.54, 1.807) is 7.11 Å². The first-order chi connectivity index (χ1) is 9.24. The number of ether oxygens (including phenoxy) is 2. The zero-order valence-corrected chi connectivity index (χ0v) is 11.6. The van der Waals surface area contributed by atoms with Crippen LogP contribution in [0.4, 0.5) is 0 Å². The number of methoxy groups -OCH3 is 2. The first-order valence-corrected chi connectivity index (χ1v) is 6.81. The third-order valence-electron chi connectivity index (χ3n) is 3.96. The number of esters is 1. The summed E-state index contributed by atoms with van der Waals surface area (Å²) in [6, 6.07) is 3.95. The van der Waals surface area contributed by atoms with Gasteiger partial charge in [0.15, 0.2) is 0 Å². The Morgan fingerprint density at radius 3 is 2.74 bits per heavy atom. The molecule has 0 spiro atoms. The van der Waals surface area contributed by atoms with Crippen molar-refractivity contribution in [2.45, 2.75) is 38.0 Å². The number of hydrogen-bond acceptors (Lipinski definition) is 4. The third-order valence-corrected chi connectivity index (χ3v) is 3.96. The van der Waals surface area contributed by atoms with E-state index in [2.05, 4.69) is 11.1 Å². The van der Waals surface area contributed by atoms with Gasteiger partial charge in [-0.1, -0.05) is 18.9 Å². The van der Waals surface area contributed by atoms with Crippen molar-refractivity contribution in [2.24, 2.45) is 5.92 Å². The van der Waals surface area contributed by atoms with Crippen molar-refractivity contribution >= 4 is 5.97 Å². The van der Waals surface area contributed by atoms with Gasteiger partial charge in [0.2, 0.25) is 5.88 Å². The molecule has 2 rings (SSSR count). The standard InChI is InChI=1S/C15H21NO3/c1-18-14-8-7-12(10-16-14)13-6-4-3-5-11(13)9-15(17)19-2/h7-8,10-11,13H,3-6,9H2,1-2H3. The summed E-state index contributed by atoms with van der Waals surface area (Å²) >= 11 is 0. The van der Waals surface area contributed by atoms with Gasteiger partial charge in [0.1, 0.15) is 0 Å². The number of aromatic nitrogens is 1. The average Bonchev–Trinajstić information content (AvgIpc) is 2.48. The number of rotatable bonds is 4. The Morgan fingerprint density at radius 2 is 2.11 bits per heavy atom. The van der Waals surface area contributed by atoms with E-state index in [0.29, 0.717) is 24.1 Å². The normalized spacial score (nSPS) is 22.8. The fourth-order valence-corrected chi connectivity index (χ4v) is 2.92. The highest BCUT2D eigenvalue weighted by atomic mass is 16.5. The van der Waals surface area contributed by atoms with E-state index in [0.717, 1.165) is 12.8 Å². The predicted octanol–water partition coefficient (Wildman–Crippen LogP) is 2.93. The molecule has 2 atom stereocenters. The van der Waals surface area contributed by atoms with Crippen LogP contribution in [0.1, 0.15) is 43.6 Å². The van der Waals surface area contributed by atoms with Crippen molar-refractivity contribution in [1.29, 1.82) is 0 Å². The first kappa shape index (κ1) is 13.8. The Morgan fingerprint density at radius 1 is 1.32 bits per heavy atom. The summed E-state index contributed by atoms with van der Waals surface area (Å²) in [6.45, 7) is 0. The molecule has 1 fully saturated rings. The highest BCUT2D eigenvalue weighted by Crippen LogP contribution is 2.39. The van der Waals surface area contributed by atoms with Crippen LogP contribution in [0.15, 0.2) is 18.3 Å². The topological polar surface area (TPSA) is 48.4 Å². The molecule has 0 saturated heterocycles. The average molecular weight is 263 g/mol. The highest BCUT2D eigenvalue weighted by molar-refractivity contribution is 5.69. The molecule has 19 heavy (non-hydrogen) atoms. The molecule has 0 radical (unpaired) electrons. The number of carbonyl (C=O) groups is 1. The molecule has 0 aliphatic heterocycles. The Kier molecular flexibility index (Phi) is 4.77. The molecule has 0 N–H and O–H groups in total. The van der Waals surface area contributed by atoms with Crippen molar-refractivity contribution in [3.8, 4) is 5.88 Å². The van der Waals surface area contributed by atoms with Crippen molar-refractivity contribution in [3.05, 3.63) is 23.9 Å². The van der Waals surface area contributed by atoms with Gasteiger partial charge in [-0.05, 0) is 30.2 Å². The molecule has 4 heteroatoms. The summed E-state index contributed by atoms with van der Waals surface area (Å²) in [4.78, 5) is 15.8. The molecule has 2 unspecified atom stereocenters. The van der Waals surface area contributed by atoms with Gasteiger partial charge in [0.25, 0.3) is 0 Å². The fourth-order valence-electron chi connectivity index (χ4n) is 2.92. The molecule has 1 aromatic rings. The maximum Gasteiger partial charge on any atom is 0.305 e. The number of hydrogen-bond donors (Lipinski definition) is 0. The summed E-state index contributed by atoms with van der Waals surface area (Å²) in [5, 5.41) is 0. The zero-order chi connectivity index (χ0) is 13.7. The molecule has 1 aliphatic carbocycles. The van der Waals surface area contributed by atoms with Gasteiger partial charge in [-0.2, -0.15) is 0 Å². The maximum atomic E-state index is 11.5. The minimum absolute atomic E-state index is 0.113. The van der Waals surface area contributed by atoms with Crippen molar-refractivity contribution in [1.82, 2.24) is 4.98 Å². The van der Waals surface area contributed by atoms with Crippen LogP contribution in [-0.2, 0) is 9.53 Å². The number of pyridine rings is 1. The van der Waals surface area contributed by atoms with Crippen LogP contribution < -0.4 is 4.74 Å². The van der Waals surface area contributed by atoms with Crippen LogP contribution in [-0.4, -0.2) is 25.2 Å². The van der Waals surface area contributed by atoms with Gasteiger partial charge >= 0.3 is 5.97 Å². The summed E-state index contributed by atoms with van der Waals surface area (Å²) in [5.41, 5.74) is 1.20. The summed E-state index contributed by atoms with van der Waals surface area (Å²) in [7, 11) is 3.07. The summed E-state index contributed by atoms with van der Waals surface area (Å²) < 4.78 is 9.88. The summed E-state index contributed by atoms with van der Waals surface area (Å²) in [6.07, 6.45) is 7.00. The van der Waals surface area contributed by atoms with Crippen LogP contribution in [0, 0.1) is 5.92 Å². The Labute approximate surface area is 114 Å². The fraction of sp³-hybridized carbons (Fsp3) is 0.600. The van der Waals surface area contributed by atoms with E-state index in [1.165, 1.54) is 25.5 Å². The molecular formula is C15H21NO3.